The minimum absolute atomic E-state index is 0.00944. The number of piperidine rings is 1. The largest absolute Gasteiger partial charge is 0.357 e. The van der Waals surface area contributed by atoms with Gasteiger partial charge in [-0.3, -0.25) is 4.79 Å². The number of hydrogen-bond acceptors (Lipinski definition) is 3. The van der Waals surface area contributed by atoms with Gasteiger partial charge in [0.05, 0.1) is 5.56 Å². The third kappa shape index (κ3) is 2.63. The van der Waals surface area contributed by atoms with Crippen LogP contribution in [0.2, 0.25) is 0 Å². The first-order chi connectivity index (χ1) is 8.83. The lowest BCUT2D eigenvalue weighted by Crippen LogP contribution is -2.30. The van der Waals surface area contributed by atoms with Gasteiger partial charge in [0, 0.05) is 25.3 Å². The molecule has 0 aromatic carbocycles. The molecule has 18 heavy (non-hydrogen) atoms. The number of anilines is 1. The maximum absolute atomic E-state index is 11.8. The van der Waals surface area contributed by atoms with Gasteiger partial charge in [0.25, 0.3) is 5.91 Å². The second-order valence-corrected chi connectivity index (χ2v) is 5.20. The Morgan fingerprint density at radius 3 is 2.61 bits per heavy atom. The van der Waals surface area contributed by atoms with Crippen LogP contribution < -0.4 is 10.2 Å². The molecule has 1 saturated heterocycles. The van der Waals surface area contributed by atoms with E-state index in [1.807, 2.05) is 12.1 Å². The first kappa shape index (κ1) is 11.5. The van der Waals surface area contributed by atoms with Gasteiger partial charge in [-0.15, -0.1) is 0 Å². The predicted molar refractivity (Wildman–Crippen MR) is 70.8 cm³/mol. The van der Waals surface area contributed by atoms with E-state index in [0.717, 1.165) is 31.7 Å². The molecule has 96 valence electrons. The third-order valence-corrected chi connectivity index (χ3v) is 3.60. The zero-order valence-corrected chi connectivity index (χ0v) is 10.6. The second kappa shape index (κ2) is 4.96. The molecule has 0 radical (unpaired) electrons. The number of aromatic nitrogens is 1. The Morgan fingerprint density at radius 2 is 2.00 bits per heavy atom. The van der Waals surface area contributed by atoms with Crippen molar-refractivity contribution in [1.29, 1.82) is 0 Å². The van der Waals surface area contributed by atoms with Gasteiger partial charge in [-0.2, -0.15) is 0 Å². The fourth-order valence-electron chi connectivity index (χ4n) is 2.33. The van der Waals surface area contributed by atoms with E-state index in [1.165, 1.54) is 19.3 Å². The number of nitrogens with one attached hydrogen (secondary N) is 1. The SMILES string of the molecule is O=C(NC1CC1)c1ccc(N2CCCCC2)nc1. The molecule has 4 heteroatoms. The van der Waals surface area contributed by atoms with Crippen LogP contribution in [0.5, 0.6) is 0 Å². The molecular weight excluding hydrogens is 226 g/mol. The van der Waals surface area contributed by atoms with Gasteiger partial charge >= 0.3 is 0 Å². The van der Waals surface area contributed by atoms with Gasteiger partial charge in [0.1, 0.15) is 5.82 Å². The summed E-state index contributed by atoms with van der Waals surface area (Å²) < 4.78 is 0. The number of amides is 1. The Kier molecular flexibility index (Phi) is 3.17. The van der Waals surface area contributed by atoms with Gasteiger partial charge in [-0.1, -0.05) is 0 Å². The standard InChI is InChI=1S/C14H19N3O/c18-14(16-12-5-6-12)11-4-7-13(15-10-11)17-8-2-1-3-9-17/h4,7,10,12H,1-3,5-6,8-9H2,(H,16,18). The Balaban J connectivity index is 1.65. The van der Waals surface area contributed by atoms with Crippen LogP contribution in [0.1, 0.15) is 42.5 Å². The normalized spacial score (nSPS) is 19.7. The number of hydrogen-bond donors (Lipinski definition) is 1. The molecule has 2 heterocycles. The Morgan fingerprint density at radius 1 is 1.22 bits per heavy atom. The zero-order chi connectivity index (χ0) is 12.4. The molecule has 1 aliphatic heterocycles. The zero-order valence-electron chi connectivity index (χ0n) is 10.6. The van der Waals surface area contributed by atoms with E-state index in [2.05, 4.69) is 15.2 Å². The van der Waals surface area contributed by atoms with E-state index in [-0.39, 0.29) is 5.91 Å². The summed E-state index contributed by atoms with van der Waals surface area (Å²) in [7, 11) is 0. The third-order valence-electron chi connectivity index (χ3n) is 3.60. The lowest BCUT2D eigenvalue weighted by molar-refractivity contribution is 0.0950. The van der Waals surface area contributed by atoms with Crippen molar-refractivity contribution < 1.29 is 4.79 Å². The van der Waals surface area contributed by atoms with Crippen molar-refractivity contribution in [2.45, 2.75) is 38.1 Å². The predicted octanol–water partition coefficient (Wildman–Crippen LogP) is 1.96. The molecule has 1 aliphatic carbocycles. The van der Waals surface area contributed by atoms with E-state index < -0.39 is 0 Å². The lowest BCUT2D eigenvalue weighted by Gasteiger charge is -2.27. The van der Waals surface area contributed by atoms with Crippen LogP contribution in [0, 0.1) is 0 Å². The van der Waals surface area contributed by atoms with Crippen LogP contribution in [0.4, 0.5) is 5.82 Å². The van der Waals surface area contributed by atoms with Crippen molar-refractivity contribution in [3.63, 3.8) is 0 Å². The second-order valence-electron chi connectivity index (χ2n) is 5.20. The van der Waals surface area contributed by atoms with Crippen LogP contribution in [-0.2, 0) is 0 Å². The molecule has 1 saturated carbocycles. The fraction of sp³-hybridized carbons (Fsp3) is 0.571. The minimum atomic E-state index is 0.00944. The van der Waals surface area contributed by atoms with Gasteiger partial charge in [-0.05, 0) is 44.2 Å². The number of carbonyl (C=O) groups excluding carboxylic acids is 1. The Hall–Kier alpha value is -1.58. The van der Waals surface area contributed by atoms with Crippen molar-refractivity contribution in [1.82, 2.24) is 10.3 Å². The number of nitrogens with zero attached hydrogens (tertiary/aromatic N) is 2. The molecule has 0 spiro atoms. The van der Waals surface area contributed by atoms with Crippen LogP contribution in [-0.4, -0.2) is 30.0 Å². The molecule has 1 aromatic heterocycles. The summed E-state index contributed by atoms with van der Waals surface area (Å²) in [5.41, 5.74) is 0.669. The van der Waals surface area contributed by atoms with Crippen molar-refractivity contribution in [3.8, 4) is 0 Å². The average molecular weight is 245 g/mol. The van der Waals surface area contributed by atoms with E-state index >= 15 is 0 Å². The molecule has 0 unspecified atom stereocenters. The summed E-state index contributed by atoms with van der Waals surface area (Å²) in [6, 6.07) is 4.25. The van der Waals surface area contributed by atoms with E-state index in [9.17, 15) is 4.79 Å². The van der Waals surface area contributed by atoms with Gasteiger partial charge in [0.2, 0.25) is 0 Å². The summed E-state index contributed by atoms with van der Waals surface area (Å²) in [6.07, 6.45) is 7.73. The summed E-state index contributed by atoms with van der Waals surface area (Å²) in [6.45, 7) is 2.17. The van der Waals surface area contributed by atoms with Gasteiger partial charge in [-0.25, -0.2) is 4.98 Å². The quantitative estimate of drug-likeness (QED) is 0.885. The highest BCUT2D eigenvalue weighted by Crippen LogP contribution is 2.20. The molecular formula is C14H19N3O. The molecule has 2 aliphatic rings. The van der Waals surface area contributed by atoms with Gasteiger partial charge < -0.3 is 10.2 Å². The highest BCUT2D eigenvalue weighted by atomic mass is 16.1. The van der Waals surface area contributed by atoms with Crippen molar-refractivity contribution in [2.75, 3.05) is 18.0 Å². The molecule has 1 aromatic rings. The number of pyridine rings is 1. The summed E-state index contributed by atoms with van der Waals surface area (Å²) in [4.78, 5) is 18.5. The summed E-state index contributed by atoms with van der Waals surface area (Å²) >= 11 is 0. The molecule has 4 nitrogen and oxygen atoms in total. The van der Waals surface area contributed by atoms with Crippen LogP contribution in [0.3, 0.4) is 0 Å². The molecule has 1 amide bonds. The van der Waals surface area contributed by atoms with Crippen molar-refractivity contribution in [2.24, 2.45) is 0 Å². The van der Waals surface area contributed by atoms with Crippen LogP contribution in [0.25, 0.3) is 0 Å². The topological polar surface area (TPSA) is 45.2 Å². The van der Waals surface area contributed by atoms with E-state index in [4.69, 9.17) is 0 Å². The van der Waals surface area contributed by atoms with Gasteiger partial charge in [0.15, 0.2) is 0 Å². The minimum Gasteiger partial charge on any atom is -0.357 e. The molecule has 0 bridgehead atoms. The maximum atomic E-state index is 11.8. The Labute approximate surface area is 107 Å². The summed E-state index contributed by atoms with van der Waals surface area (Å²) in [5, 5.41) is 2.98. The van der Waals surface area contributed by atoms with Crippen molar-refractivity contribution >= 4 is 11.7 Å². The highest BCUT2D eigenvalue weighted by Gasteiger charge is 2.24. The van der Waals surface area contributed by atoms with Crippen molar-refractivity contribution in [3.05, 3.63) is 23.9 Å². The molecule has 2 fully saturated rings. The average Bonchev–Trinajstić information content (AvgIpc) is 3.24. The first-order valence-electron chi connectivity index (χ1n) is 6.85. The monoisotopic (exact) mass is 245 g/mol. The fourth-order valence-corrected chi connectivity index (χ4v) is 2.33. The van der Waals surface area contributed by atoms with E-state index in [0.29, 0.717) is 11.6 Å². The number of carbonyl (C=O) groups is 1. The molecule has 1 N–H and O–H groups in total. The van der Waals surface area contributed by atoms with Crippen LogP contribution >= 0.6 is 0 Å². The van der Waals surface area contributed by atoms with Crippen LogP contribution in [0.15, 0.2) is 18.3 Å². The molecule has 0 atom stereocenters. The maximum Gasteiger partial charge on any atom is 0.253 e. The first-order valence-corrected chi connectivity index (χ1v) is 6.85. The lowest BCUT2D eigenvalue weighted by atomic mass is 10.1. The molecule has 3 rings (SSSR count). The highest BCUT2D eigenvalue weighted by molar-refractivity contribution is 5.94. The Bertz CT molecular complexity index is 419. The summed E-state index contributed by atoms with van der Waals surface area (Å²) in [5.74, 6) is 1.01. The smallest absolute Gasteiger partial charge is 0.253 e. The van der Waals surface area contributed by atoms with E-state index in [1.54, 1.807) is 6.20 Å². The number of rotatable bonds is 3.